The molecule has 0 bridgehead atoms. The molecular weight excluding hydrogens is 266 g/mol. The summed E-state index contributed by atoms with van der Waals surface area (Å²) in [5, 5.41) is 9.55. The molecule has 1 aliphatic heterocycles. The van der Waals surface area contributed by atoms with Gasteiger partial charge in [0.2, 0.25) is 0 Å². The second-order valence-electron chi connectivity index (χ2n) is 5.82. The van der Waals surface area contributed by atoms with Crippen LogP contribution in [0.2, 0.25) is 0 Å². The van der Waals surface area contributed by atoms with Crippen LogP contribution in [0, 0.1) is 0 Å². The van der Waals surface area contributed by atoms with Crippen molar-refractivity contribution in [2.24, 2.45) is 0 Å². The van der Waals surface area contributed by atoms with Crippen LogP contribution in [0.25, 0.3) is 0 Å². The minimum absolute atomic E-state index is 0.454. The second kappa shape index (κ2) is 6.03. The lowest BCUT2D eigenvalue weighted by Gasteiger charge is -2.35. The number of aliphatic carboxylic acids is 1. The number of carboxylic acids is 1. The van der Waals surface area contributed by atoms with Gasteiger partial charge in [-0.2, -0.15) is 11.8 Å². The first kappa shape index (κ1) is 16.1. The van der Waals surface area contributed by atoms with E-state index in [4.69, 9.17) is 4.74 Å². The molecule has 110 valence electrons. The van der Waals surface area contributed by atoms with Crippen molar-refractivity contribution in [1.82, 2.24) is 4.90 Å². The standard InChI is InChI=1S/C13H23NO4S/c1-12(2,3)18-11(17)14-8-5-6-13(14,10(15)16)7-9-19-4/h5-9H2,1-4H3,(H,15,16)/t13-/m1/s1. The summed E-state index contributed by atoms with van der Waals surface area (Å²) in [5.74, 6) is -0.212. The van der Waals surface area contributed by atoms with Crippen molar-refractivity contribution in [2.75, 3.05) is 18.6 Å². The summed E-state index contributed by atoms with van der Waals surface area (Å²) in [6.45, 7) is 5.80. The van der Waals surface area contributed by atoms with E-state index in [1.807, 2.05) is 6.26 Å². The molecule has 0 saturated carbocycles. The molecule has 1 saturated heterocycles. The van der Waals surface area contributed by atoms with Gasteiger partial charge in [0.1, 0.15) is 11.1 Å². The zero-order chi connectivity index (χ0) is 14.7. The molecule has 6 heteroatoms. The summed E-state index contributed by atoms with van der Waals surface area (Å²) in [5.41, 5.74) is -1.70. The van der Waals surface area contributed by atoms with Gasteiger partial charge in [0.05, 0.1) is 0 Å². The Morgan fingerprint density at radius 2 is 2.05 bits per heavy atom. The Kier molecular flexibility index (Phi) is 5.12. The van der Waals surface area contributed by atoms with Crippen molar-refractivity contribution in [1.29, 1.82) is 0 Å². The van der Waals surface area contributed by atoms with Gasteiger partial charge in [0.15, 0.2) is 0 Å². The Balaban J connectivity index is 2.90. The van der Waals surface area contributed by atoms with Crippen molar-refractivity contribution in [3.63, 3.8) is 0 Å². The predicted molar refractivity (Wildman–Crippen MR) is 75.5 cm³/mol. The minimum atomic E-state index is -1.09. The molecule has 1 amide bonds. The molecule has 1 aliphatic rings. The maximum absolute atomic E-state index is 12.2. The van der Waals surface area contributed by atoms with Gasteiger partial charge in [-0.1, -0.05) is 0 Å². The number of likely N-dealkylation sites (tertiary alicyclic amines) is 1. The van der Waals surface area contributed by atoms with Crippen molar-refractivity contribution in [2.45, 2.75) is 51.2 Å². The predicted octanol–water partition coefficient (Wildman–Crippen LogP) is 2.59. The highest BCUT2D eigenvalue weighted by molar-refractivity contribution is 7.98. The summed E-state index contributed by atoms with van der Waals surface area (Å²) in [6, 6.07) is 0. The molecule has 1 N–H and O–H groups in total. The summed E-state index contributed by atoms with van der Waals surface area (Å²) in [6.07, 6.45) is 3.08. The van der Waals surface area contributed by atoms with Crippen LogP contribution in [-0.2, 0) is 9.53 Å². The van der Waals surface area contributed by atoms with Gasteiger partial charge < -0.3 is 9.84 Å². The van der Waals surface area contributed by atoms with Gasteiger partial charge in [0, 0.05) is 6.54 Å². The zero-order valence-electron chi connectivity index (χ0n) is 12.1. The molecule has 0 aromatic rings. The number of carbonyl (C=O) groups excluding carboxylic acids is 1. The highest BCUT2D eigenvalue weighted by atomic mass is 32.2. The first-order chi connectivity index (χ1) is 8.73. The third kappa shape index (κ3) is 3.78. The maximum Gasteiger partial charge on any atom is 0.411 e. The number of hydrogen-bond donors (Lipinski definition) is 1. The van der Waals surface area contributed by atoms with Crippen LogP contribution in [0.5, 0.6) is 0 Å². The molecule has 0 unspecified atom stereocenters. The molecule has 1 rings (SSSR count). The van der Waals surface area contributed by atoms with Crippen LogP contribution in [0.15, 0.2) is 0 Å². The first-order valence-electron chi connectivity index (χ1n) is 6.46. The number of thioether (sulfide) groups is 1. The second-order valence-corrected chi connectivity index (χ2v) is 6.80. The Hall–Kier alpha value is -0.910. The van der Waals surface area contributed by atoms with Gasteiger partial charge in [0.25, 0.3) is 0 Å². The normalized spacial score (nSPS) is 23.5. The van der Waals surface area contributed by atoms with E-state index in [0.29, 0.717) is 31.6 Å². The molecule has 0 aromatic carbocycles. The topological polar surface area (TPSA) is 66.8 Å². The summed E-state index contributed by atoms with van der Waals surface area (Å²) in [4.78, 5) is 25.2. The van der Waals surface area contributed by atoms with Gasteiger partial charge in [-0.25, -0.2) is 9.59 Å². The quantitative estimate of drug-likeness (QED) is 0.861. The van der Waals surface area contributed by atoms with Crippen LogP contribution >= 0.6 is 11.8 Å². The fraction of sp³-hybridized carbons (Fsp3) is 0.846. The number of hydrogen-bond acceptors (Lipinski definition) is 4. The Morgan fingerprint density at radius 3 is 2.53 bits per heavy atom. The van der Waals surface area contributed by atoms with Crippen molar-refractivity contribution in [3.8, 4) is 0 Å². The molecule has 19 heavy (non-hydrogen) atoms. The molecule has 0 spiro atoms. The lowest BCUT2D eigenvalue weighted by atomic mass is 9.93. The summed E-state index contributed by atoms with van der Waals surface area (Å²) < 4.78 is 5.32. The van der Waals surface area contributed by atoms with Crippen molar-refractivity contribution in [3.05, 3.63) is 0 Å². The zero-order valence-corrected chi connectivity index (χ0v) is 12.9. The summed E-state index contributed by atoms with van der Waals surface area (Å²) in [7, 11) is 0. The number of ether oxygens (including phenoxy) is 1. The van der Waals surface area contributed by atoms with E-state index < -0.39 is 23.2 Å². The Morgan fingerprint density at radius 1 is 1.42 bits per heavy atom. The SMILES string of the molecule is CSCC[C@@]1(C(=O)O)CCCN1C(=O)OC(C)(C)C. The van der Waals surface area contributed by atoms with E-state index in [9.17, 15) is 14.7 Å². The number of rotatable bonds is 4. The van der Waals surface area contributed by atoms with E-state index >= 15 is 0 Å². The third-order valence-electron chi connectivity index (χ3n) is 3.22. The average Bonchev–Trinajstić information content (AvgIpc) is 2.69. The number of carboxylic acid groups (broad SMARTS) is 1. The molecule has 1 heterocycles. The van der Waals surface area contributed by atoms with Crippen LogP contribution in [0.4, 0.5) is 4.79 Å². The highest BCUT2D eigenvalue weighted by Crippen LogP contribution is 2.35. The van der Waals surface area contributed by atoms with E-state index in [-0.39, 0.29) is 0 Å². The van der Waals surface area contributed by atoms with Gasteiger partial charge in [-0.05, 0) is 52.0 Å². The lowest BCUT2D eigenvalue weighted by Crippen LogP contribution is -2.54. The largest absolute Gasteiger partial charge is 0.479 e. The minimum Gasteiger partial charge on any atom is -0.479 e. The lowest BCUT2D eigenvalue weighted by molar-refractivity contribution is -0.149. The van der Waals surface area contributed by atoms with E-state index in [0.717, 1.165) is 0 Å². The maximum atomic E-state index is 12.2. The molecular formula is C13H23NO4S. The Bertz CT molecular complexity index is 353. The van der Waals surface area contributed by atoms with E-state index in [1.165, 1.54) is 4.90 Å². The van der Waals surface area contributed by atoms with Gasteiger partial charge in [-0.3, -0.25) is 4.90 Å². The highest BCUT2D eigenvalue weighted by Gasteiger charge is 2.50. The molecule has 1 atom stereocenters. The van der Waals surface area contributed by atoms with Crippen LogP contribution < -0.4 is 0 Å². The molecule has 0 aliphatic carbocycles. The van der Waals surface area contributed by atoms with Crippen LogP contribution in [-0.4, -0.2) is 51.8 Å². The first-order valence-corrected chi connectivity index (χ1v) is 7.85. The summed E-state index contributed by atoms with van der Waals surface area (Å²) >= 11 is 1.59. The smallest absolute Gasteiger partial charge is 0.411 e. The number of carbonyl (C=O) groups is 2. The number of amides is 1. The van der Waals surface area contributed by atoms with Crippen LogP contribution in [0.1, 0.15) is 40.0 Å². The average molecular weight is 289 g/mol. The monoisotopic (exact) mass is 289 g/mol. The fourth-order valence-electron chi connectivity index (χ4n) is 2.32. The molecule has 1 fully saturated rings. The molecule has 0 aromatic heterocycles. The van der Waals surface area contributed by atoms with Crippen LogP contribution in [0.3, 0.4) is 0 Å². The van der Waals surface area contributed by atoms with Crippen molar-refractivity contribution >= 4 is 23.8 Å². The van der Waals surface area contributed by atoms with Gasteiger partial charge in [-0.15, -0.1) is 0 Å². The number of nitrogens with zero attached hydrogens (tertiary/aromatic N) is 1. The van der Waals surface area contributed by atoms with Gasteiger partial charge >= 0.3 is 12.1 Å². The van der Waals surface area contributed by atoms with Crippen molar-refractivity contribution < 1.29 is 19.4 Å². The fourth-order valence-corrected chi connectivity index (χ4v) is 2.86. The van der Waals surface area contributed by atoms with E-state index in [2.05, 4.69) is 0 Å². The van der Waals surface area contributed by atoms with E-state index in [1.54, 1.807) is 32.5 Å². The molecule has 0 radical (unpaired) electrons. The third-order valence-corrected chi connectivity index (χ3v) is 3.83. The molecule has 5 nitrogen and oxygen atoms in total. The Labute approximate surface area is 118 Å².